The Balaban J connectivity index is 3.99. The van der Waals surface area contributed by atoms with Gasteiger partial charge in [0.15, 0.2) is 11.6 Å². The Morgan fingerprint density at radius 3 is 2.27 bits per heavy atom. The first-order chi connectivity index (χ1) is 10.5. The Labute approximate surface area is 133 Å². The van der Waals surface area contributed by atoms with Gasteiger partial charge in [0.2, 0.25) is 0 Å². The van der Waals surface area contributed by atoms with E-state index >= 15 is 0 Å². The van der Waals surface area contributed by atoms with E-state index in [0.717, 1.165) is 12.8 Å². The van der Waals surface area contributed by atoms with Crippen molar-refractivity contribution >= 4 is 17.5 Å². The molecule has 4 nitrogen and oxygen atoms in total. The van der Waals surface area contributed by atoms with Crippen LogP contribution in [-0.2, 0) is 19.1 Å². The summed E-state index contributed by atoms with van der Waals surface area (Å²) in [5.74, 6) is -0.779. The van der Waals surface area contributed by atoms with Crippen LogP contribution in [0.2, 0.25) is 0 Å². The maximum absolute atomic E-state index is 11.6. The third kappa shape index (κ3) is 10.1. The van der Waals surface area contributed by atoms with Crippen molar-refractivity contribution in [3.05, 3.63) is 23.8 Å². The third-order valence-corrected chi connectivity index (χ3v) is 3.30. The van der Waals surface area contributed by atoms with E-state index < -0.39 is 5.97 Å². The van der Waals surface area contributed by atoms with Gasteiger partial charge in [-0.15, -0.1) is 0 Å². The number of ether oxygens (including phenoxy) is 1. The SMILES string of the molecule is CCCCCCCC(=O)/C=C/CC/C=C(\C(C)=O)C(=O)OC. The zero-order valence-corrected chi connectivity index (χ0v) is 14.0. The highest BCUT2D eigenvalue weighted by Gasteiger charge is 2.13. The normalized spacial score (nSPS) is 11.7. The van der Waals surface area contributed by atoms with Crippen molar-refractivity contribution in [1.82, 2.24) is 0 Å². The number of unbranched alkanes of at least 4 members (excludes halogenated alkanes) is 5. The third-order valence-electron chi connectivity index (χ3n) is 3.30. The second-order valence-electron chi connectivity index (χ2n) is 5.28. The van der Waals surface area contributed by atoms with Gasteiger partial charge in [-0.3, -0.25) is 9.59 Å². The zero-order valence-electron chi connectivity index (χ0n) is 14.0. The average molecular weight is 308 g/mol. The first-order valence-electron chi connectivity index (χ1n) is 8.01. The minimum atomic E-state index is -0.611. The van der Waals surface area contributed by atoms with Crippen LogP contribution in [0.25, 0.3) is 0 Å². The van der Waals surface area contributed by atoms with Crippen molar-refractivity contribution in [2.45, 2.75) is 65.2 Å². The largest absolute Gasteiger partial charge is 0.465 e. The van der Waals surface area contributed by atoms with Crippen LogP contribution in [0, 0.1) is 0 Å². The van der Waals surface area contributed by atoms with E-state index in [1.807, 2.05) is 0 Å². The molecule has 22 heavy (non-hydrogen) atoms. The Kier molecular flexibility index (Phi) is 12.0. The molecule has 124 valence electrons. The first-order valence-corrected chi connectivity index (χ1v) is 8.01. The molecule has 0 heterocycles. The number of rotatable bonds is 12. The van der Waals surface area contributed by atoms with Gasteiger partial charge in [-0.25, -0.2) is 4.79 Å². The molecule has 0 fully saturated rings. The number of ketones is 2. The van der Waals surface area contributed by atoms with Crippen LogP contribution in [0.4, 0.5) is 0 Å². The predicted octanol–water partition coefficient (Wildman–Crippen LogP) is 3.94. The van der Waals surface area contributed by atoms with Gasteiger partial charge in [-0.1, -0.05) is 44.8 Å². The molecule has 0 aliphatic carbocycles. The highest BCUT2D eigenvalue weighted by Crippen LogP contribution is 2.07. The van der Waals surface area contributed by atoms with E-state index in [-0.39, 0.29) is 17.1 Å². The van der Waals surface area contributed by atoms with Gasteiger partial charge in [0.1, 0.15) is 0 Å². The quantitative estimate of drug-likeness (QED) is 0.180. The highest BCUT2D eigenvalue weighted by atomic mass is 16.5. The summed E-state index contributed by atoms with van der Waals surface area (Å²) in [5, 5.41) is 0. The molecule has 0 aromatic carbocycles. The molecule has 0 spiro atoms. The first kappa shape index (κ1) is 20.3. The van der Waals surface area contributed by atoms with Crippen LogP contribution in [0.3, 0.4) is 0 Å². The van der Waals surface area contributed by atoms with Gasteiger partial charge in [-0.05, 0) is 32.3 Å². The van der Waals surface area contributed by atoms with Crippen LogP contribution in [0.5, 0.6) is 0 Å². The smallest absolute Gasteiger partial charge is 0.341 e. The summed E-state index contributed by atoms with van der Waals surface area (Å²) in [7, 11) is 1.25. The monoisotopic (exact) mass is 308 g/mol. The standard InChI is InChI=1S/C18H28O4/c1-4-5-6-7-9-12-16(20)13-10-8-11-14-17(15(2)19)18(21)22-3/h10,13-14H,4-9,11-12H2,1-3H3/b13-10+,17-14+. The van der Waals surface area contributed by atoms with Crippen LogP contribution < -0.4 is 0 Å². The van der Waals surface area contributed by atoms with E-state index in [2.05, 4.69) is 11.7 Å². The number of carbonyl (C=O) groups excluding carboxylic acids is 3. The molecule has 0 unspecified atom stereocenters. The van der Waals surface area contributed by atoms with Crippen molar-refractivity contribution in [3.63, 3.8) is 0 Å². The Morgan fingerprint density at radius 1 is 1.00 bits per heavy atom. The molecule has 0 saturated carbocycles. The summed E-state index contributed by atoms with van der Waals surface area (Å²) in [6, 6.07) is 0. The second kappa shape index (κ2) is 13.0. The molecule has 0 N–H and O–H groups in total. The second-order valence-corrected chi connectivity index (χ2v) is 5.28. The Morgan fingerprint density at radius 2 is 1.68 bits per heavy atom. The molecule has 0 radical (unpaired) electrons. The molecule has 0 saturated heterocycles. The van der Waals surface area contributed by atoms with Crippen molar-refractivity contribution in [3.8, 4) is 0 Å². The number of hydrogen-bond acceptors (Lipinski definition) is 4. The maximum Gasteiger partial charge on any atom is 0.341 e. The van der Waals surface area contributed by atoms with Crippen molar-refractivity contribution in [1.29, 1.82) is 0 Å². The molecular formula is C18H28O4. The molecule has 4 heteroatoms. The van der Waals surface area contributed by atoms with E-state index in [1.165, 1.54) is 33.3 Å². The number of Topliss-reactive ketones (excluding diaryl/α,β-unsaturated/α-hetero) is 1. The van der Waals surface area contributed by atoms with Crippen molar-refractivity contribution in [2.24, 2.45) is 0 Å². The van der Waals surface area contributed by atoms with Crippen LogP contribution in [-0.4, -0.2) is 24.6 Å². The number of esters is 1. The molecular weight excluding hydrogens is 280 g/mol. The summed E-state index contributed by atoms with van der Waals surface area (Å²) >= 11 is 0. The molecule has 0 aliphatic heterocycles. The fraction of sp³-hybridized carbons (Fsp3) is 0.611. The Hall–Kier alpha value is -1.71. The average Bonchev–Trinajstić information content (AvgIpc) is 2.49. The Bertz CT molecular complexity index is 419. The van der Waals surface area contributed by atoms with Gasteiger partial charge in [0.05, 0.1) is 12.7 Å². The summed E-state index contributed by atoms with van der Waals surface area (Å²) < 4.78 is 4.54. The van der Waals surface area contributed by atoms with Crippen molar-refractivity contribution < 1.29 is 19.1 Å². The number of methoxy groups -OCH3 is 1. The van der Waals surface area contributed by atoms with Gasteiger partial charge in [0, 0.05) is 6.42 Å². The summed E-state index contributed by atoms with van der Waals surface area (Å²) in [6.07, 6.45) is 12.4. The minimum absolute atomic E-state index is 0.0677. The highest BCUT2D eigenvalue weighted by molar-refractivity contribution is 6.16. The lowest BCUT2D eigenvalue weighted by Gasteiger charge is -2.00. The summed E-state index contributed by atoms with van der Waals surface area (Å²) in [5.41, 5.74) is 0.0677. The molecule has 0 atom stereocenters. The van der Waals surface area contributed by atoms with Crippen molar-refractivity contribution in [2.75, 3.05) is 7.11 Å². The minimum Gasteiger partial charge on any atom is -0.465 e. The molecule has 0 aliphatic rings. The van der Waals surface area contributed by atoms with Crippen LogP contribution in [0.15, 0.2) is 23.8 Å². The molecule has 0 rings (SSSR count). The summed E-state index contributed by atoms with van der Waals surface area (Å²) in [6.45, 7) is 3.50. The summed E-state index contributed by atoms with van der Waals surface area (Å²) in [4.78, 5) is 34.2. The van der Waals surface area contributed by atoms with E-state index in [1.54, 1.807) is 18.2 Å². The van der Waals surface area contributed by atoms with Gasteiger partial charge >= 0.3 is 5.97 Å². The lowest BCUT2D eigenvalue weighted by Crippen LogP contribution is -2.11. The fourth-order valence-corrected chi connectivity index (χ4v) is 2.01. The van der Waals surface area contributed by atoms with E-state index in [9.17, 15) is 14.4 Å². The lowest BCUT2D eigenvalue weighted by atomic mass is 10.1. The van der Waals surface area contributed by atoms with E-state index in [0.29, 0.717) is 19.3 Å². The van der Waals surface area contributed by atoms with Gasteiger partial charge in [-0.2, -0.15) is 0 Å². The predicted molar refractivity (Wildman–Crippen MR) is 87.5 cm³/mol. The van der Waals surface area contributed by atoms with Crippen LogP contribution >= 0.6 is 0 Å². The fourth-order valence-electron chi connectivity index (χ4n) is 2.01. The lowest BCUT2D eigenvalue weighted by molar-refractivity contribution is -0.137. The number of carbonyl (C=O) groups is 3. The molecule has 0 bridgehead atoms. The number of allylic oxidation sites excluding steroid dienone is 3. The topological polar surface area (TPSA) is 60.4 Å². The maximum atomic E-state index is 11.6. The molecule has 0 aromatic rings. The number of hydrogen-bond donors (Lipinski definition) is 0. The molecule has 0 amide bonds. The van der Waals surface area contributed by atoms with E-state index in [4.69, 9.17) is 0 Å². The zero-order chi connectivity index (χ0) is 16.8. The van der Waals surface area contributed by atoms with Gasteiger partial charge in [0.25, 0.3) is 0 Å². The van der Waals surface area contributed by atoms with Gasteiger partial charge < -0.3 is 4.74 Å². The van der Waals surface area contributed by atoms with Crippen LogP contribution in [0.1, 0.15) is 65.2 Å². The molecule has 0 aromatic heterocycles.